The average molecular weight is 583 g/mol. The van der Waals surface area contributed by atoms with Gasteiger partial charge in [-0.3, -0.25) is 25.2 Å². The molecule has 0 atom stereocenters. The molecule has 12 heteroatoms. The maximum Gasteiger partial charge on any atom is 0.299 e. The zero-order valence-electron chi connectivity index (χ0n) is 18.8. The van der Waals surface area contributed by atoms with Crippen LogP contribution in [-0.4, -0.2) is 21.2 Å². The molecule has 0 aliphatic heterocycles. The van der Waals surface area contributed by atoms with Gasteiger partial charge < -0.3 is 15.7 Å². The van der Waals surface area contributed by atoms with Crippen molar-refractivity contribution in [3.05, 3.63) is 114 Å². The molecule has 0 spiro atoms. The van der Waals surface area contributed by atoms with Crippen molar-refractivity contribution in [2.24, 2.45) is 4.99 Å². The highest BCUT2D eigenvalue weighted by molar-refractivity contribution is 9.10. The van der Waals surface area contributed by atoms with Crippen LogP contribution in [0.3, 0.4) is 0 Å². The fourth-order valence-electron chi connectivity index (χ4n) is 3.37. The molecule has 4 aromatic carbocycles. The van der Waals surface area contributed by atoms with Gasteiger partial charge in [0.25, 0.3) is 11.4 Å². The summed E-state index contributed by atoms with van der Waals surface area (Å²) >= 11 is 9.26. The molecule has 0 saturated carbocycles. The summed E-state index contributed by atoms with van der Waals surface area (Å²) in [6, 6.07) is 20.3. The number of phenols is 1. The van der Waals surface area contributed by atoms with Crippen LogP contribution in [0, 0.1) is 20.2 Å². The number of aromatic hydroxyl groups is 1. The van der Waals surface area contributed by atoms with Gasteiger partial charge in [0.05, 0.1) is 27.3 Å². The summed E-state index contributed by atoms with van der Waals surface area (Å²) < 4.78 is 0.750. The molecule has 3 N–H and O–H groups in total. The van der Waals surface area contributed by atoms with Crippen molar-refractivity contribution in [1.82, 2.24) is 0 Å². The van der Waals surface area contributed by atoms with E-state index in [0.717, 1.165) is 10.5 Å². The van der Waals surface area contributed by atoms with Crippen molar-refractivity contribution in [2.45, 2.75) is 0 Å². The number of hydrogen-bond donors (Lipinski definition) is 3. The lowest BCUT2D eigenvalue weighted by Gasteiger charge is -2.13. The van der Waals surface area contributed by atoms with Gasteiger partial charge in [0.2, 0.25) is 0 Å². The molecule has 0 heterocycles. The highest BCUT2D eigenvalue weighted by Crippen LogP contribution is 2.40. The predicted octanol–water partition coefficient (Wildman–Crippen LogP) is 7.86. The Labute approximate surface area is 223 Å². The molecule has 4 rings (SSSR count). The van der Waals surface area contributed by atoms with Gasteiger partial charge in [0, 0.05) is 27.0 Å². The maximum atomic E-state index is 11.8. The van der Waals surface area contributed by atoms with Gasteiger partial charge in [-0.05, 0) is 60.7 Å². The van der Waals surface area contributed by atoms with E-state index in [2.05, 4.69) is 31.6 Å². The Morgan fingerprint density at radius 2 is 1.49 bits per heavy atom. The molecule has 186 valence electrons. The molecule has 0 aliphatic rings. The van der Waals surface area contributed by atoms with Crippen LogP contribution in [-0.2, 0) is 0 Å². The summed E-state index contributed by atoms with van der Waals surface area (Å²) in [4.78, 5) is 26.5. The lowest BCUT2D eigenvalue weighted by molar-refractivity contribution is -0.393. The van der Waals surface area contributed by atoms with E-state index in [4.69, 9.17) is 11.6 Å². The Kier molecular flexibility index (Phi) is 7.66. The van der Waals surface area contributed by atoms with Gasteiger partial charge in [0.1, 0.15) is 17.1 Å². The van der Waals surface area contributed by atoms with Crippen LogP contribution >= 0.6 is 27.5 Å². The van der Waals surface area contributed by atoms with Crippen molar-refractivity contribution in [3.63, 3.8) is 0 Å². The van der Waals surface area contributed by atoms with E-state index in [1.165, 1.54) is 18.3 Å². The Hall–Kier alpha value is -4.48. The molecule has 0 fully saturated rings. The van der Waals surface area contributed by atoms with Crippen LogP contribution in [0.5, 0.6) is 5.75 Å². The number of phenolic OH excluding ortho intramolecular Hbond substituents is 1. The van der Waals surface area contributed by atoms with E-state index in [1.54, 1.807) is 60.7 Å². The smallest absolute Gasteiger partial charge is 0.299 e. The third-order valence-electron chi connectivity index (χ3n) is 5.14. The SMILES string of the molecule is O=[N+]([O-])c1cc([N+](=O)[O-])c(Nc2ccccc2N=Cc2cc(Br)ccc2O)cc1Nc1ccc(Cl)cc1. The molecule has 0 aliphatic carbocycles. The van der Waals surface area contributed by atoms with Crippen LogP contribution in [0.4, 0.5) is 39.8 Å². The summed E-state index contributed by atoms with van der Waals surface area (Å²) in [5.41, 5.74) is 0.885. The minimum atomic E-state index is -0.702. The minimum Gasteiger partial charge on any atom is -0.507 e. The van der Waals surface area contributed by atoms with Gasteiger partial charge in [-0.25, -0.2) is 0 Å². The molecule has 0 amide bonds. The molecule has 0 saturated heterocycles. The second-order valence-electron chi connectivity index (χ2n) is 7.64. The Bertz CT molecular complexity index is 1530. The first-order chi connectivity index (χ1) is 17.7. The second kappa shape index (κ2) is 11.1. The van der Waals surface area contributed by atoms with Crippen molar-refractivity contribution in [2.75, 3.05) is 10.6 Å². The summed E-state index contributed by atoms with van der Waals surface area (Å²) in [7, 11) is 0. The number of aliphatic imine (C=N–C) groups is 1. The number of nitro groups is 2. The molecule has 0 bridgehead atoms. The Morgan fingerprint density at radius 1 is 0.838 bits per heavy atom. The van der Waals surface area contributed by atoms with Gasteiger partial charge in [-0.2, -0.15) is 0 Å². The molecular weight excluding hydrogens is 566 g/mol. The first kappa shape index (κ1) is 25.6. The summed E-state index contributed by atoms with van der Waals surface area (Å²) in [5.74, 6) is 0.0290. The van der Waals surface area contributed by atoms with E-state index in [0.29, 0.717) is 27.6 Å². The van der Waals surface area contributed by atoms with E-state index in [9.17, 15) is 25.3 Å². The fourth-order valence-corrected chi connectivity index (χ4v) is 3.88. The number of rotatable bonds is 8. The largest absolute Gasteiger partial charge is 0.507 e. The number of nitro benzene ring substituents is 2. The highest BCUT2D eigenvalue weighted by Gasteiger charge is 2.25. The number of hydrogen-bond acceptors (Lipinski definition) is 8. The maximum absolute atomic E-state index is 11.8. The molecule has 0 aromatic heterocycles. The van der Waals surface area contributed by atoms with Crippen LogP contribution < -0.4 is 10.6 Å². The first-order valence-electron chi connectivity index (χ1n) is 10.6. The number of anilines is 4. The van der Waals surface area contributed by atoms with Gasteiger partial charge >= 0.3 is 0 Å². The number of nitrogens with zero attached hydrogens (tertiary/aromatic N) is 3. The number of benzene rings is 4. The molecule has 4 aromatic rings. The predicted molar refractivity (Wildman–Crippen MR) is 147 cm³/mol. The normalized spacial score (nSPS) is 10.9. The van der Waals surface area contributed by atoms with Crippen LogP contribution in [0.1, 0.15) is 5.56 Å². The number of nitrogens with one attached hydrogen (secondary N) is 2. The lowest BCUT2D eigenvalue weighted by Crippen LogP contribution is -2.03. The van der Waals surface area contributed by atoms with Crippen molar-refractivity contribution in [1.29, 1.82) is 0 Å². The quantitative estimate of drug-likeness (QED) is 0.109. The summed E-state index contributed by atoms with van der Waals surface area (Å²) in [6.07, 6.45) is 1.46. The number of halogens is 2. The Morgan fingerprint density at radius 3 is 2.16 bits per heavy atom. The van der Waals surface area contributed by atoms with E-state index >= 15 is 0 Å². The zero-order valence-corrected chi connectivity index (χ0v) is 21.1. The van der Waals surface area contributed by atoms with Crippen LogP contribution in [0.15, 0.2) is 88.3 Å². The van der Waals surface area contributed by atoms with E-state index in [1.807, 2.05) is 0 Å². The van der Waals surface area contributed by atoms with Crippen molar-refractivity contribution < 1.29 is 15.0 Å². The second-order valence-corrected chi connectivity index (χ2v) is 8.99. The number of para-hydroxylation sites is 2. The topological polar surface area (TPSA) is 143 Å². The fraction of sp³-hybridized carbons (Fsp3) is 0. The first-order valence-corrected chi connectivity index (χ1v) is 11.8. The lowest BCUT2D eigenvalue weighted by atomic mass is 10.1. The highest BCUT2D eigenvalue weighted by atomic mass is 79.9. The zero-order chi connectivity index (χ0) is 26.5. The van der Waals surface area contributed by atoms with Crippen molar-refractivity contribution in [3.8, 4) is 5.75 Å². The average Bonchev–Trinajstić information content (AvgIpc) is 2.86. The van der Waals surface area contributed by atoms with Gasteiger partial charge in [-0.15, -0.1) is 0 Å². The van der Waals surface area contributed by atoms with Crippen LogP contribution in [0.25, 0.3) is 0 Å². The third-order valence-corrected chi connectivity index (χ3v) is 5.88. The molecule has 0 unspecified atom stereocenters. The standard InChI is InChI=1S/C25H17BrClN5O5/c26-16-5-10-25(33)15(11-16)14-28-19-3-1-2-4-20(19)30-22-12-21(29-18-8-6-17(27)7-9-18)23(31(34)35)13-24(22)32(36)37/h1-14,29-30,33H. The van der Waals surface area contributed by atoms with Gasteiger partial charge in [-0.1, -0.05) is 39.7 Å². The molecule has 10 nitrogen and oxygen atoms in total. The van der Waals surface area contributed by atoms with Gasteiger partial charge in [0.15, 0.2) is 0 Å². The third kappa shape index (κ3) is 6.21. The molecule has 0 radical (unpaired) electrons. The molecular formula is C25H17BrClN5O5. The minimum absolute atomic E-state index is 0.0139. The van der Waals surface area contributed by atoms with Crippen LogP contribution in [0.2, 0.25) is 5.02 Å². The monoisotopic (exact) mass is 581 g/mol. The molecule has 37 heavy (non-hydrogen) atoms. The Balaban J connectivity index is 1.74. The van der Waals surface area contributed by atoms with Crippen molar-refractivity contribution >= 4 is 73.6 Å². The van der Waals surface area contributed by atoms with E-state index < -0.39 is 21.2 Å². The van der Waals surface area contributed by atoms with E-state index in [-0.39, 0.29) is 17.1 Å². The summed E-state index contributed by atoms with van der Waals surface area (Å²) in [5, 5.41) is 40.0. The summed E-state index contributed by atoms with van der Waals surface area (Å²) in [6.45, 7) is 0.